The number of rotatable bonds is 5. The molecule has 8 nitrogen and oxygen atoms in total. The molecule has 8 heteroatoms. The van der Waals surface area contributed by atoms with Crippen LogP contribution < -0.4 is 0 Å². The fraction of sp³-hybridized carbons (Fsp3) is 0.609. The van der Waals surface area contributed by atoms with E-state index in [0.717, 1.165) is 18.4 Å². The molecule has 0 aliphatic carbocycles. The maximum Gasteiger partial charge on any atom is 0.410 e. The second-order valence-electron chi connectivity index (χ2n) is 8.75. The van der Waals surface area contributed by atoms with Crippen LogP contribution in [-0.4, -0.2) is 72.4 Å². The van der Waals surface area contributed by atoms with Gasteiger partial charge in [0, 0.05) is 19.1 Å². The van der Waals surface area contributed by atoms with Crippen molar-refractivity contribution in [1.29, 1.82) is 0 Å². The number of aliphatic imine (C=N–C) groups is 1. The minimum Gasteiger partial charge on any atom is -0.465 e. The van der Waals surface area contributed by atoms with Gasteiger partial charge >= 0.3 is 12.1 Å². The standard InChI is InChI=1S/C23H33N3O5/c1-5-29-20(27)15-24-21-26(19(16-30-21)17-9-7-6-8-10-17)18-11-13-25(14-12-18)22(28)31-23(2,3)4/h6-10,18-19H,5,11-16H2,1-4H3/b24-21+. The van der Waals surface area contributed by atoms with Crippen molar-refractivity contribution in [2.45, 2.75) is 58.2 Å². The van der Waals surface area contributed by atoms with E-state index in [0.29, 0.717) is 32.3 Å². The molecular formula is C23H33N3O5. The molecule has 3 rings (SSSR count). The zero-order valence-corrected chi connectivity index (χ0v) is 18.9. The number of hydrogen-bond acceptors (Lipinski definition) is 6. The smallest absolute Gasteiger partial charge is 0.410 e. The number of ether oxygens (including phenoxy) is 3. The van der Waals surface area contributed by atoms with Gasteiger partial charge in [-0.1, -0.05) is 30.3 Å². The summed E-state index contributed by atoms with van der Waals surface area (Å²) in [6, 6.07) is 10.8. The molecule has 0 spiro atoms. The number of carbonyl (C=O) groups is 2. The number of esters is 1. The van der Waals surface area contributed by atoms with Gasteiger partial charge in [-0.3, -0.25) is 4.79 Å². The van der Waals surface area contributed by atoms with E-state index in [4.69, 9.17) is 14.2 Å². The molecule has 2 heterocycles. The third kappa shape index (κ3) is 6.12. The van der Waals surface area contributed by atoms with E-state index in [1.165, 1.54) is 0 Å². The van der Waals surface area contributed by atoms with Gasteiger partial charge in [0.25, 0.3) is 6.02 Å². The van der Waals surface area contributed by atoms with E-state index < -0.39 is 5.60 Å². The zero-order chi connectivity index (χ0) is 22.4. The van der Waals surface area contributed by atoms with Crippen molar-refractivity contribution < 1.29 is 23.8 Å². The molecule has 1 amide bonds. The number of hydrogen-bond donors (Lipinski definition) is 0. The molecule has 2 aliphatic rings. The van der Waals surface area contributed by atoms with Crippen molar-refractivity contribution in [2.75, 3.05) is 32.8 Å². The summed E-state index contributed by atoms with van der Waals surface area (Å²) >= 11 is 0. The molecule has 2 aliphatic heterocycles. The molecule has 0 aromatic heterocycles. The van der Waals surface area contributed by atoms with Gasteiger partial charge in [0.2, 0.25) is 0 Å². The normalized spacial score (nSPS) is 21.2. The lowest BCUT2D eigenvalue weighted by atomic mass is 9.99. The Morgan fingerprint density at radius 1 is 1.16 bits per heavy atom. The third-order valence-electron chi connectivity index (χ3n) is 5.27. The quantitative estimate of drug-likeness (QED) is 0.665. The highest BCUT2D eigenvalue weighted by Gasteiger charge is 2.40. The largest absolute Gasteiger partial charge is 0.465 e. The lowest BCUT2D eigenvalue weighted by Gasteiger charge is -2.39. The van der Waals surface area contributed by atoms with Crippen LogP contribution in [0, 0.1) is 0 Å². The van der Waals surface area contributed by atoms with E-state index >= 15 is 0 Å². The number of likely N-dealkylation sites (tertiary alicyclic amines) is 1. The van der Waals surface area contributed by atoms with E-state index in [1.54, 1.807) is 11.8 Å². The van der Waals surface area contributed by atoms with Crippen molar-refractivity contribution in [3.05, 3.63) is 35.9 Å². The summed E-state index contributed by atoms with van der Waals surface area (Å²) in [5.74, 6) is -0.374. The highest BCUT2D eigenvalue weighted by Crippen LogP contribution is 2.33. The van der Waals surface area contributed by atoms with Gasteiger partial charge in [-0.25, -0.2) is 9.79 Å². The molecule has 1 aromatic carbocycles. The molecule has 0 N–H and O–H groups in total. The summed E-state index contributed by atoms with van der Waals surface area (Å²) in [4.78, 5) is 32.6. The summed E-state index contributed by atoms with van der Waals surface area (Å²) in [5.41, 5.74) is 0.626. The molecule has 1 atom stereocenters. The third-order valence-corrected chi connectivity index (χ3v) is 5.27. The summed E-state index contributed by atoms with van der Waals surface area (Å²) < 4.78 is 16.4. The Kier molecular flexibility index (Phi) is 7.41. The van der Waals surface area contributed by atoms with Crippen LogP contribution in [0.3, 0.4) is 0 Å². The molecule has 0 bridgehead atoms. The molecule has 2 saturated heterocycles. The van der Waals surface area contributed by atoms with Crippen LogP contribution in [0.15, 0.2) is 35.3 Å². The van der Waals surface area contributed by atoms with Gasteiger partial charge in [0.15, 0.2) is 0 Å². The number of carbonyl (C=O) groups excluding carboxylic acids is 2. The highest BCUT2D eigenvalue weighted by atomic mass is 16.6. The highest BCUT2D eigenvalue weighted by molar-refractivity contribution is 5.81. The first-order valence-corrected chi connectivity index (χ1v) is 10.9. The Hall–Kier alpha value is -2.77. The maximum absolute atomic E-state index is 12.4. The van der Waals surface area contributed by atoms with Crippen molar-refractivity contribution >= 4 is 18.1 Å². The molecule has 31 heavy (non-hydrogen) atoms. The monoisotopic (exact) mass is 431 g/mol. The van der Waals surface area contributed by atoms with Crippen LogP contribution in [0.5, 0.6) is 0 Å². The molecule has 0 saturated carbocycles. The van der Waals surface area contributed by atoms with Crippen LogP contribution >= 0.6 is 0 Å². The summed E-state index contributed by atoms with van der Waals surface area (Å²) in [6.07, 6.45) is 1.26. The van der Waals surface area contributed by atoms with E-state index in [9.17, 15) is 9.59 Å². The summed E-state index contributed by atoms with van der Waals surface area (Å²) in [6.45, 7) is 9.31. The fourth-order valence-corrected chi connectivity index (χ4v) is 3.90. The van der Waals surface area contributed by atoms with E-state index in [-0.39, 0.29) is 30.7 Å². The van der Waals surface area contributed by atoms with Crippen molar-refractivity contribution in [2.24, 2.45) is 4.99 Å². The summed E-state index contributed by atoms with van der Waals surface area (Å²) in [5, 5.41) is 0. The second-order valence-corrected chi connectivity index (χ2v) is 8.75. The zero-order valence-electron chi connectivity index (χ0n) is 18.9. The molecule has 1 aromatic rings. The summed E-state index contributed by atoms with van der Waals surface area (Å²) in [7, 11) is 0. The second kappa shape index (κ2) is 10.0. The molecule has 0 radical (unpaired) electrons. The molecule has 1 unspecified atom stereocenters. The topological polar surface area (TPSA) is 80.7 Å². The number of amides is 1. The van der Waals surface area contributed by atoms with Gasteiger partial charge in [0.05, 0.1) is 12.6 Å². The Morgan fingerprint density at radius 2 is 1.84 bits per heavy atom. The lowest BCUT2D eigenvalue weighted by molar-refractivity contribution is -0.141. The number of piperidine rings is 1. The fourth-order valence-electron chi connectivity index (χ4n) is 3.90. The van der Waals surface area contributed by atoms with Gasteiger partial charge in [-0.2, -0.15) is 0 Å². The Balaban J connectivity index is 1.73. The maximum atomic E-state index is 12.4. The van der Waals surface area contributed by atoms with Gasteiger partial charge in [0.1, 0.15) is 18.8 Å². The predicted octanol–water partition coefficient (Wildman–Crippen LogP) is 3.38. The van der Waals surface area contributed by atoms with Gasteiger partial charge < -0.3 is 24.0 Å². The van der Waals surface area contributed by atoms with E-state index in [1.807, 2.05) is 39.0 Å². The van der Waals surface area contributed by atoms with Gasteiger partial charge in [-0.05, 0) is 46.1 Å². The Morgan fingerprint density at radius 3 is 2.45 bits per heavy atom. The SMILES string of the molecule is CCOC(=O)C/N=C1/OCC(c2ccccc2)N1C1CCN(C(=O)OC(C)(C)C)CC1. The molecule has 170 valence electrons. The van der Waals surface area contributed by atoms with E-state index in [2.05, 4.69) is 22.0 Å². The molecule has 2 fully saturated rings. The van der Waals surface area contributed by atoms with Crippen LogP contribution in [0.25, 0.3) is 0 Å². The minimum atomic E-state index is -0.512. The number of nitrogens with zero attached hydrogens (tertiary/aromatic N) is 3. The van der Waals surface area contributed by atoms with Crippen molar-refractivity contribution in [3.8, 4) is 0 Å². The van der Waals surface area contributed by atoms with Crippen LogP contribution in [0.4, 0.5) is 4.79 Å². The number of amidine groups is 1. The van der Waals surface area contributed by atoms with Crippen LogP contribution in [0.1, 0.15) is 52.1 Å². The van der Waals surface area contributed by atoms with Crippen molar-refractivity contribution in [1.82, 2.24) is 9.80 Å². The molecular weight excluding hydrogens is 398 g/mol. The Bertz CT molecular complexity index is 782. The first-order chi connectivity index (χ1) is 14.8. The number of benzene rings is 1. The minimum absolute atomic E-state index is 0.0141. The van der Waals surface area contributed by atoms with Gasteiger partial charge in [-0.15, -0.1) is 0 Å². The predicted molar refractivity (Wildman–Crippen MR) is 117 cm³/mol. The average Bonchev–Trinajstić information content (AvgIpc) is 3.16. The Labute approximate surface area is 184 Å². The van der Waals surface area contributed by atoms with Crippen molar-refractivity contribution in [3.63, 3.8) is 0 Å². The van der Waals surface area contributed by atoms with Crippen LogP contribution in [-0.2, 0) is 19.0 Å². The average molecular weight is 432 g/mol. The first kappa shape index (κ1) is 22.9. The lowest BCUT2D eigenvalue weighted by Crippen LogP contribution is -2.49. The van der Waals surface area contributed by atoms with Crippen LogP contribution in [0.2, 0.25) is 0 Å². The first-order valence-electron chi connectivity index (χ1n) is 10.9.